The number of hydrogen-bond donors (Lipinski definition) is 1. The lowest BCUT2D eigenvalue weighted by molar-refractivity contribution is 0.102. The van der Waals surface area contributed by atoms with E-state index in [0.717, 1.165) is 11.3 Å². The van der Waals surface area contributed by atoms with Crippen LogP contribution in [0.3, 0.4) is 0 Å². The second kappa shape index (κ2) is 6.58. The predicted octanol–water partition coefficient (Wildman–Crippen LogP) is 3.66. The monoisotopic (exact) mass is 321 g/mol. The number of benzene rings is 2. The Hall–Kier alpha value is -3.08. The molecule has 0 saturated heterocycles. The van der Waals surface area contributed by atoms with E-state index in [0.29, 0.717) is 17.3 Å². The third-order valence-electron chi connectivity index (χ3n) is 3.80. The fourth-order valence-electron chi connectivity index (χ4n) is 2.36. The van der Waals surface area contributed by atoms with Gasteiger partial charge in [0, 0.05) is 24.4 Å². The van der Waals surface area contributed by atoms with Crippen LogP contribution in [0.15, 0.2) is 54.7 Å². The Bertz CT molecular complexity index is 849. The third-order valence-corrected chi connectivity index (χ3v) is 3.80. The first-order valence-electron chi connectivity index (χ1n) is 7.62. The summed E-state index contributed by atoms with van der Waals surface area (Å²) in [5.74, 6) is 1.01. The van der Waals surface area contributed by atoms with Crippen LogP contribution in [-0.4, -0.2) is 22.6 Å². The van der Waals surface area contributed by atoms with Gasteiger partial charge in [-0.15, -0.1) is 0 Å². The van der Waals surface area contributed by atoms with Crippen LogP contribution >= 0.6 is 0 Å². The molecule has 1 aromatic heterocycles. The Morgan fingerprint density at radius 3 is 2.38 bits per heavy atom. The average molecular weight is 321 g/mol. The molecule has 24 heavy (non-hydrogen) atoms. The van der Waals surface area contributed by atoms with E-state index in [9.17, 15) is 4.79 Å². The third kappa shape index (κ3) is 3.30. The van der Waals surface area contributed by atoms with Crippen molar-refractivity contribution in [3.8, 4) is 17.0 Å². The number of aryl methyl sites for hydroxylation is 2. The van der Waals surface area contributed by atoms with Crippen LogP contribution in [0.5, 0.6) is 5.75 Å². The zero-order valence-electron chi connectivity index (χ0n) is 13.9. The lowest BCUT2D eigenvalue weighted by atomic mass is 10.1. The van der Waals surface area contributed by atoms with E-state index in [4.69, 9.17) is 4.74 Å². The zero-order valence-corrected chi connectivity index (χ0v) is 13.9. The van der Waals surface area contributed by atoms with Gasteiger partial charge < -0.3 is 9.30 Å². The standard InChI is InChI=1S/C19H19N3O2/c1-13-4-6-14(7-5-13)17-12-22(2)19(20-17)21-18(23)15-8-10-16(24-3)11-9-15/h4-12H,1-3H3,(H,20,21,23). The van der Waals surface area contributed by atoms with Crippen molar-refractivity contribution in [2.24, 2.45) is 7.05 Å². The van der Waals surface area contributed by atoms with Gasteiger partial charge in [0.25, 0.3) is 5.91 Å². The first-order chi connectivity index (χ1) is 11.6. The van der Waals surface area contributed by atoms with E-state index >= 15 is 0 Å². The van der Waals surface area contributed by atoms with Crippen molar-refractivity contribution in [2.75, 3.05) is 12.4 Å². The quantitative estimate of drug-likeness (QED) is 0.798. The summed E-state index contributed by atoms with van der Waals surface area (Å²) in [7, 11) is 3.45. The number of amides is 1. The fourth-order valence-corrected chi connectivity index (χ4v) is 2.36. The number of carbonyl (C=O) groups excluding carboxylic acids is 1. The summed E-state index contributed by atoms with van der Waals surface area (Å²) in [6.45, 7) is 2.04. The van der Waals surface area contributed by atoms with Gasteiger partial charge in [-0.05, 0) is 31.2 Å². The van der Waals surface area contributed by atoms with E-state index in [-0.39, 0.29) is 5.91 Å². The van der Waals surface area contributed by atoms with Gasteiger partial charge >= 0.3 is 0 Å². The molecule has 0 aliphatic heterocycles. The molecule has 122 valence electrons. The number of hydrogen-bond acceptors (Lipinski definition) is 3. The molecule has 2 aromatic carbocycles. The molecule has 1 N–H and O–H groups in total. The van der Waals surface area contributed by atoms with Crippen molar-refractivity contribution >= 4 is 11.9 Å². The minimum absolute atomic E-state index is 0.207. The molecular weight excluding hydrogens is 302 g/mol. The molecule has 0 aliphatic carbocycles. The molecule has 5 heteroatoms. The van der Waals surface area contributed by atoms with Gasteiger partial charge in [-0.3, -0.25) is 10.1 Å². The number of nitrogens with one attached hydrogen (secondary N) is 1. The summed E-state index contributed by atoms with van der Waals surface area (Å²) in [6.07, 6.45) is 1.90. The van der Waals surface area contributed by atoms with E-state index < -0.39 is 0 Å². The summed E-state index contributed by atoms with van der Waals surface area (Å²) in [4.78, 5) is 16.9. The zero-order chi connectivity index (χ0) is 17.1. The van der Waals surface area contributed by atoms with Gasteiger partial charge in [0.1, 0.15) is 5.75 Å². The molecule has 0 radical (unpaired) electrons. The fraction of sp³-hybridized carbons (Fsp3) is 0.158. The number of methoxy groups -OCH3 is 1. The Kier molecular flexibility index (Phi) is 4.33. The molecule has 0 bridgehead atoms. The summed E-state index contributed by atoms with van der Waals surface area (Å²) in [5, 5.41) is 2.84. The first kappa shape index (κ1) is 15.8. The van der Waals surface area contributed by atoms with Gasteiger partial charge in [0.15, 0.2) is 0 Å². The molecule has 3 rings (SSSR count). The molecule has 5 nitrogen and oxygen atoms in total. The largest absolute Gasteiger partial charge is 0.497 e. The highest BCUT2D eigenvalue weighted by Gasteiger charge is 2.12. The van der Waals surface area contributed by atoms with Gasteiger partial charge in [-0.1, -0.05) is 29.8 Å². The molecule has 3 aromatic rings. The van der Waals surface area contributed by atoms with Gasteiger partial charge in [0.2, 0.25) is 5.95 Å². The predicted molar refractivity (Wildman–Crippen MR) is 94.3 cm³/mol. The molecule has 0 unspecified atom stereocenters. The van der Waals surface area contributed by atoms with Crippen molar-refractivity contribution in [3.05, 3.63) is 65.9 Å². The molecule has 0 fully saturated rings. The number of anilines is 1. The minimum atomic E-state index is -0.207. The molecule has 1 heterocycles. The Morgan fingerprint density at radius 1 is 1.08 bits per heavy atom. The summed E-state index contributed by atoms with van der Waals surface area (Å²) in [6, 6.07) is 15.1. The van der Waals surface area contributed by atoms with E-state index in [1.54, 1.807) is 35.9 Å². The second-order valence-corrected chi connectivity index (χ2v) is 5.61. The maximum Gasteiger partial charge on any atom is 0.257 e. The number of imidazole rings is 1. The molecule has 0 saturated carbocycles. The van der Waals surface area contributed by atoms with Gasteiger partial charge in [-0.25, -0.2) is 4.98 Å². The minimum Gasteiger partial charge on any atom is -0.497 e. The summed E-state index contributed by atoms with van der Waals surface area (Å²) in [5.41, 5.74) is 3.59. The second-order valence-electron chi connectivity index (χ2n) is 5.61. The number of nitrogens with zero attached hydrogens (tertiary/aromatic N) is 2. The van der Waals surface area contributed by atoms with Crippen LogP contribution in [0.1, 0.15) is 15.9 Å². The lowest BCUT2D eigenvalue weighted by Gasteiger charge is -2.05. The normalized spacial score (nSPS) is 10.5. The molecule has 0 spiro atoms. The van der Waals surface area contributed by atoms with E-state index in [1.807, 2.05) is 44.4 Å². The van der Waals surface area contributed by atoms with Crippen molar-refractivity contribution in [3.63, 3.8) is 0 Å². The van der Waals surface area contributed by atoms with Crippen molar-refractivity contribution in [2.45, 2.75) is 6.92 Å². The maximum absolute atomic E-state index is 12.4. The molecule has 0 aliphatic rings. The van der Waals surface area contributed by atoms with Gasteiger partial charge in [-0.2, -0.15) is 0 Å². The van der Waals surface area contributed by atoms with Gasteiger partial charge in [0.05, 0.1) is 12.8 Å². The van der Waals surface area contributed by atoms with E-state index in [1.165, 1.54) is 5.56 Å². The average Bonchev–Trinajstić information content (AvgIpc) is 2.96. The highest BCUT2D eigenvalue weighted by Crippen LogP contribution is 2.21. The maximum atomic E-state index is 12.4. The molecule has 1 amide bonds. The summed E-state index contributed by atoms with van der Waals surface area (Å²) < 4.78 is 6.90. The number of rotatable bonds is 4. The van der Waals surface area contributed by atoms with Crippen molar-refractivity contribution < 1.29 is 9.53 Å². The lowest BCUT2D eigenvalue weighted by Crippen LogP contribution is -2.14. The van der Waals surface area contributed by atoms with Crippen LogP contribution < -0.4 is 10.1 Å². The number of carbonyl (C=O) groups is 1. The van der Waals surface area contributed by atoms with Crippen LogP contribution in [0.2, 0.25) is 0 Å². The Morgan fingerprint density at radius 2 is 1.75 bits per heavy atom. The molecular formula is C19H19N3O2. The van der Waals surface area contributed by atoms with Crippen LogP contribution in [0, 0.1) is 6.92 Å². The van der Waals surface area contributed by atoms with E-state index in [2.05, 4.69) is 10.3 Å². The van der Waals surface area contributed by atoms with Crippen molar-refractivity contribution in [1.29, 1.82) is 0 Å². The van der Waals surface area contributed by atoms with Crippen LogP contribution in [0.25, 0.3) is 11.3 Å². The first-order valence-corrected chi connectivity index (χ1v) is 7.62. The number of aromatic nitrogens is 2. The number of ether oxygens (including phenoxy) is 1. The highest BCUT2D eigenvalue weighted by molar-refractivity contribution is 6.03. The van der Waals surface area contributed by atoms with Crippen LogP contribution in [0.4, 0.5) is 5.95 Å². The molecule has 0 atom stereocenters. The Labute approximate surface area is 140 Å². The SMILES string of the molecule is COc1ccc(C(=O)Nc2nc(-c3ccc(C)cc3)cn2C)cc1. The smallest absolute Gasteiger partial charge is 0.257 e. The summed E-state index contributed by atoms with van der Waals surface area (Å²) >= 11 is 0. The topological polar surface area (TPSA) is 56.1 Å². The van der Waals surface area contributed by atoms with Crippen molar-refractivity contribution in [1.82, 2.24) is 9.55 Å². The highest BCUT2D eigenvalue weighted by atomic mass is 16.5. The Balaban J connectivity index is 1.79. The van der Waals surface area contributed by atoms with Crippen LogP contribution in [-0.2, 0) is 7.05 Å².